The van der Waals surface area contributed by atoms with Gasteiger partial charge in [0.05, 0.1) is 29.2 Å². The van der Waals surface area contributed by atoms with Crippen LogP contribution in [-0.2, 0) is 0 Å². The molecule has 3 aromatic rings. The van der Waals surface area contributed by atoms with Gasteiger partial charge in [-0.25, -0.2) is 18.2 Å². The standard InChI is InChI=1S/C23H22F3N5O2.ClH/c1-12-10-31(11-16(27)22(12)32)19-7-8-28-9-18(19)30-23(33)17-6-5-15(26)21(29-17)20-13(24)3-2-4-14(20)25;/h2-9,12,16,22,32H,10-11,27H2,1H3,(H,30,33);1H. The number of nitrogens with two attached hydrogens (primary N) is 1. The van der Waals surface area contributed by atoms with Crippen LogP contribution in [0.2, 0.25) is 0 Å². The predicted molar refractivity (Wildman–Crippen MR) is 124 cm³/mol. The summed E-state index contributed by atoms with van der Waals surface area (Å²) >= 11 is 0. The summed E-state index contributed by atoms with van der Waals surface area (Å²) in [6.07, 6.45) is 2.36. The number of aromatic nitrogens is 2. The van der Waals surface area contributed by atoms with E-state index < -0.39 is 46.8 Å². The second-order valence-electron chi connectivity index (χ2n) is 8.01. The Balaban J connectivity index is 0.00000324. The molecule has 3 atom stereocenters. The van der Waals surface area contributed by atoms with E-state index in [4.69, 9.17) is 5.73 Å². The lowest BCUT2D eigenvalue weighted by Gasteiger charge is -2.40. The monoisotopic (exact) mass is 493 g/mol. The van der Waals surface area contributed by atoms with Crippen LogP contribution in [0.5, 0.6) is 0 Å². The highest BCUT2D eigenvalue weighted by molar-refractivity contribution is 6.04. The van der Waals surface area contributed by atoms with E-state index >= 15 is 0 Å². The first-order valence-electron chi connectivity index (χ1n) is 10.3. The number of nitrogens with one attached hydrogen (secondary N) is 1. The van der Waals surface area contributed by atoms with E-state index in [-0.39, 0.29) is 24.0 Å². The number of aliphatic hydroxyl groups is 1. The number of carbonyl (C=O) groups excluding carboxylic acids is 1. The molecular weight excluding hydrogens is 471 g/mol. The maximum Gasteiger partial charge on any atom is 0.274 e. The number of anilines is 2. The third kappa shape index (κ3) is 4.98. The van der Waals surface area contributed by atoms with Crippen molar-refractivity contribution in [1.82, 2.24) is 9.97 Å². The van der Waals surface area contributed by atoms with Gasteiger partial charge in [0, 0.05) is 31.2 Å². The molecule has 4 N–H and O–H groups in total. The van der Waals surface area contributed by atoms with Crippen LogP contribution in [0.3, 0.4) is 0 Å². The number of nitrogens with zero attached hydrogens (tertiary/aromatic N) is 3. The molecule has 34 heavy (non-hydrogen) atoms. The molecule has 7 nitrogen and oxygen atoms in total. The molecule has 0 aliphatic carbocycles. The summed E-state index contributed by atoms with van der Waals surface area (Å²) in [5.41, 5.74) is 5.55. The van der Waals surface area contributed by atoms with Crippen molar-refractivity contribution >= 4 is 29.7 Å². The second kappa shape index (κ2) is 10.4. The molecule has 0 saturated carbocycles. The highest BCUT2D eigenvalue weighted by Gasteiger charge is 2.32. The Kier molecular flexibility index (Phi) is 7.75. The van der Waals surface area contributed by atoms with Crippen LogP contribution < -0.4 is 16.0 Å². The Labute approximate surface area is 200 Å². The summed E-state index contributed by atoms with van der Waals surface area (Å²) < 4.78 is 42.7. The summed E-state index contributed by atoms with van der Waals surface area (Å²) in [6.45, 7) is 2.75. The zero-order valence-corrected chi connectivity index (χ0v) is 18.9. The molecule has 0 spiro atoms. The minimum absolute atomic E-state index is 0. The van der Waals surface area contributed by atoms with Crippen molar-refractivity contribution < 1.29 is 23.1 Å². The number of piperidine rings is 1. The number of benzene rings is 1. The highest BCUT2D eigenvalue weighted by Crippen LogP contribution is 2.30. The quantitative estimate of drug-likeness (QED) is 0.515. The highest BCUT2D eigenvalue weighted by atomic mass is 35.5. The maximum atomic E-state index is 14.3. The van der Waals surface area contributed by atoms with E-state index in [0.717, 1.165) is 30.3 Å². The van der Waals surface area contributed by atoms with E-state index in [0.29, 0.717) is 24.5 Å². The molecule has 1 fully saturated rings. The molecule has 1 amide bonds. The van der Waals surface area contributed by atoms with Crippen molar-refractivity contribution in [2.75, 3.05) is 23.3 Å². The molecule has 11 heteroatoms. The molecule has 0 bridgehead atoms. The van der Waals surface area contributed by atoms with E-state index in [2.05, 4.69) is 15.3 Å². The van der Waals surface area contributed by atoms with Crippen molar-refractivity contribution in [1.29, 1.82) is 0 Å². The lowest BCUT2D eigenvalue weighted by molar-refractivity contribution is 0.0785. The largest absolute Gasteiger partial charge is 0.391 e. The molecular formula is C23H23ClF3N5O2. The summed E-state index contributed by atoms with van der Waals surface area (Å²) in [6, 6.07) is 6.40. The van der Waals surface area contributed by atoms with Crippen LogP contribution in [0.15, 0.2) is 48.8 Å². The summed E-state index contributed by atoms with van der Waals surface area (Å²) in [5.74, 6) is -3.76. The fourth-order valence-corrected chi connectivity index (χ4v) is 3.92. The minimum atomic E-state index is -0.994. The molecule has 1 saturated heterocycles. The number of hydrogen-bond acceptors (Lipinski definition) is 6. The topological polar surface area (TPSA) is 104 Å². The first-order chi connectivity index (χ1) is 15.8. The number of hydrogen-bond donors (Lipinski definition) is 3. The van der Waals surface area contributed by atoms with Crippen molar-refractivity contribution in [3.05, 3.63) is 71.9 Å². The molecule has 2 aromatic heterocycles. The van der Waals surface area contributed by atoms with Crippen LogP contribution in [0.1, 0.15) is 17.4 Å². The fraction of sp³-hybridized carbons (Fsp3) is 0.261. The van der Waals surface area contributed by atoms with Gasteiger partial charge >= 0.3 is 0 Å². The minimum Gasteiger partial charge on any atom is -0.391 e. The zero-order chi connectivity index (χ0) is 23.7. The predicted octanol–water partition coefficient (Wildman–Crippen LogP) is 3.38. The van der Waals surface area contributed by atoms with E-state index in [1.54, 1.807) is 12.3 Å². The van der Waals surface area contributed by atoms with Crippen LogP contribution in [0.4, 0.5) is 24.5 Å². The van der Waals surface area contributed by atoms with E-state index in [9.17, 15) is 23.1 Å². The second-order valence-corrected chi connectivity index (χ2v) is 8.01. The van der Waals surface area contributed by atoms with Crippen LogP contribution in [-0.4, -0.2) is 46.2 Å². The lowest BCUT2D eigenvalue weighted by Crippen LogP contribution is -2.55. The van der Waals surface area contributed by atoms with Gasteiger partial charge in [0.15, 0.2) is 0 Å². The van der Waals surface area contributed by atoms with Gasteiger partial charge < -0.3 is 21.1 Å². The third-order valence-electron chi connectivity index (χ3n) is 5.63. The Morgan fingerprint density at radius 2 is 1.82 bits per heavy atom. The van der Waals surface area contributed by atoms with Gasteiger partial charge in [-0.3, -0.25) is 9.78 Å². The number of rotatable bonds is 4. The smallest absolute Gasteiger partial charge is 0.274 e. The lowest BCUT2D eigenvalue weighted by atomic mass is 9.92. The third-order valence-corrected chi connectivity index (χ3v) is 5.63. The van der Waals surface area contributed by atoms with E-state index in [1.807, 2.05) is 11.8 Å². The summed E-state index contributed by atoms with van der Waals surface area (Å²) in [7, 11) is 0. The molecule has 3 unspecified atom stereocenters. The van der Waals surface area contributed by atoms with Gasteiger partial charge in [-0.05, 0) is 30.3 Å². The maximum absolute atomic E-state index is 14.3. The number of pyridine rings is 2. The SMILES string of the molecule is CC1CN(c2ccncc2NC(=O)c2ccc(F)c(-c3c(F)cccc3F)n2)CC(N)C1O.Cl. The average Bonchev–Trinajstić information content (AvgIpc) is 2.78. The number of aliphatic hydroxyl groups excluding tert-OH is 1. The van der Waals surface area contributed by atoms with Crippen LogP contribution in [0.25, 0.3) is 11.3 Å². The number of amides is 1. The van der Waals surface area contributed by atoms with Crippen molar-refractivity contribution in [3.8, 4) is 11.3 Å². The number of halogens is 4. The number of carbonyl (C=O) groups is 1. The average molecular weight is 494 g/mol. The van der Waals surface area contributed by atoms with Gasteiger partial charge in [-0.2, -0.15) is 0 Å². The molecule has 3 heterocycles. The Bertz CT molecular complexity index is 1170. The van der Waals surface area contributed by atoms with Gasteiger partial charge in [0.1, 0.15) is 28.8 Å². The zero-order valence-electron chi connectivity index (χ0n) is 18.1. The molecule has 180 valence electrons. The first kappa shape index (κ1) is 25.4. The van der Waals surface area contributed by atoms with Crippen molar-refractivity contribution in [2.45, 2.75) is 19.1 Å². The molecule has 0 radical (unpaired) electrons. The van der Waals surface area contributed by atoms with Crippen LogP contribution in [0, 0.1) is 23.4 Å². The summed E-state index contributed by atoms with van der Waals surface area (Å²) in [5, 5.41) is 12.8. The summed E-state index contributed by atoms with van der Waals surface area (Å²) in [4.78, 5) is 22.8. The van der Waals surface area contributed by atoms with Gasteiger partial charge in [0.25, 0.3) is 5.91 Å². The Hall–Kier alpha value is -3.21. The molecule has 1 aliphatic rings. The fourth-order valence-electron chi connectivity index (χ4n) is 3.92. The molecule has 1 aromatic carbocycles. The molecule has 1 aliphatic heterocycles. The van der Waals surface area contributed by atoms with Gasteiger partial charge in [0.2, 0.25) is 0 Å². The van der Waals surface area contributed by atoms with Crippen LogP contribution >= 0.6 is 12.4 Å². The van der Waals surface area contributed by atoms with Crippen molar-refractivity contribution in [3.63, 3.8) is 0 Å². The van der Waals surface area contributed by atoms with E-state index in [1.165, 1.54) is 6.20 Å². The Morgan fingerprint density at radius 3 is 2.50 bits per heavy atom. The first-order valence-corrected chi connectivity index (χ1v) is 10.3. The molecule has 4 rings (SSSR count). The van der Waals surface area contributed by atoms with Gasteiger partial charge in [-0.15, -0.1) is 12.4 Å². The normalized spacial score (nSPS) is 19.9. The van der Waals surface area contributed by atoms with Gasteiger partial charge in [-0.1, -0.05) is 13.0 Å². The Morgan fingerprint density at radius 1 is 1.12 bits per heavy atom. The van der Waals surface area contributed by atoms with Crippen molar-refractivity contribution in [2.24, 2.45) is 11.7 Å².